The first-order chi connectivity index (χ1) is 14.1. The van der Waals surface area contributed by atoms with E-state index in [4.69, 9.17) is 9.47 Å². The van der Waals surface area contributed by atoms with Gasteiger partial charge in [0, 0.05) is 0 Å². The largest absolute Gasteiger partial charge is 0.464 e. The Bertz CT molecular complexity index is 387. The summed E-state index contributed by atoms with van der Waals surface area (Å²) in [4.78, 5) is 23.2. The zero-order chi connectivity index (χ0) is 21.6. The van der Waals surface area contributed by atoms with Crippen LogP contribution in [0.1, 0.15) is 124 Å². The lowest BCUT2D eigenvalue weighted by Gasteiger charge is -2.13. The van der Waals surface area contributed by atoms with E-state index in [1.54, 1.807) is 6.92 Å². The summed E-state index contributed by atoms with van der Waals surface area (Å²) >= 11 is 0. The lowest BCUT2D eigenvalue weighted by molar-refractivity contribution is -0.145. The van der Waals surface area contributed by atoms with Gasteiger partial charge in [-0.1, -0.05) is 104 Å². The maximum Gasteiger partial charge on any atom is 0.407 e. The van der Waals surface area contributed by atoms with E-state index >= 15 is 0 Å². The van der Waals surface area contributed by atoms with Gasteiger partial charge in [0.2, 0.25) is 0 Å². The minimum absolute atomic E-state index is 0.354. The van der Waals surface area contributed by atoms with Gasteiger partial charge in [0.05, 0.1) is 13.2 Å². The summed E-state index contributed by atoms with van der Waals surface area (Å²) in [5.74, 6) is -0.399. The Morgan fingerprint density at radius 2 is 1.07 bits per heavy atom. The monoisotopic (exact) mass is 413 g/mol. The van der Waals surface area contributed by atoms with Crippen molar-refractivity contribution in [1.29, 1.82) is 0 Å². The van der Waals surface area contributed by atoms with Gasteiger partial charge in [-0.05, 0) is 19.8 Å². The van der Waals surface area contributed by atoms with Gasteiger partial charge in [-0.15, -0.1) is 0 Å². The van der Waals surface area contributed by atoms with Crippen molar-refractivity contribution < 1.29 is 19.1 Å². The second-order valence-electron chi connectivity index (χ2n) is 8.12. The van der Waals surface area contributed by atoms with Crippen LogP contribution in [0.3, 0.4) is 0 Å². The Labute approximate surface area is 179 Å². The number of alkyl carbamates (subject to hydrolysis) is 1. The minimum Gasteiger partial charge on any atom is -0.464 e. The van der Waals surface area contributed by atoms with Crippen LogP contribution in [-0.2, 0) is 14.3 Å². The third-order valence-electron chi connectivity index (χ3n) is 5.12. The number of carbonyl (C=O) groups is 2. The highest BCUT2D eigenvalue weighted by Gasteiger charge is 2.17. The third-order valence-corrected chi connectivity index (χ3v) is 5.12. The van der Waals surface area contributed by atoms with Crippen LogP contribution < -0.4 is 5.32 Å². The van der Waals surface area contributed by atoms with Gasteiger partial charge in [-0.2, -0.15) is 0 Å². The maximum atomic E-state index is 11.8. The van der Waals surface area contributed by atoms with Gasteiger partial charge in [-0.25, -0.2) is 9.59 Å². The molecule has 1 N–H and O–H groups in total. The van der Waals surface area contributed by atoms with E-state index in [1.807, 2.05) is 6.92 Å². The van der Waals surface area contributed by atoms with Gasteiger partial charge < -0.3 is 14.8 Å². The highest BCUT2D eigenvalue weighted by Crippen LogP contribution is 2.13. The van der Waals surface area contributed by atoms with Crippen LogP contribution in [0.15, 0.2) is 0 Å². The average molecular weight is 414 g/mol. The number of ether oxygens (including phenoxy) is 2. The van der Waals surface area contributed by atoms with Gasteiger partial charge in [0.25, 0.3) is 0 Å². The van der Waals surface area contributed by atoms with Crippen LogP contribution in [-0.4, -0.2) is 31.3 Å². The van der Waals surface area contributed by atoms with Crippen LogP contribution in [0.25, 0.3) is 0 Å². The Balaban J connectivity index is 3.32. The SMILES string of the molecule is CCCCCCCCCCCCCCCCCOC(=O)C(C)NC(=O)OCCC. The molecule has 0 heterocycles. The molecule has 0 rings (SSSR count). The van der Waals surface area contributed by atoms with Gasteiger partial charge in [0.1, 0.15) is 6.04 Å². The quantitative estimate of drug-likeness (QED) is 0.174. The highest BCUT2D eigenvalue weighted by atomic mass is 16.6. The van der Waals surface area contributed by atoms with Crippen molar-refractivity contribution in [3.63, 3.8) is 0 Å². The summed E-state index contributed by atoms with van der Waals surface area (Å²) in [6.07, 6.45) is 19.9. The van der Waals surface area contributed by atoms with Gasteiger partial charge in [0.15, 0.2) is 0 Å². The molecule has 0 aromatic carbocycles. The first kappa shape index (κ1) is 27.7. The fraction of sp³-hybridized carbons (Fsp3) is 0.917. The van der Waals surface area contributed by atoms with E-state index < -0.39 is 18.1 Å². The molecule has 172 valence electrons. The summed E-state index contributed by atoms with van der Waals surface area (Å²) in [6, 6.07) is -0.671. The smallest absolute Gasteiger partial charge is 0.407 e. The number of amides is 1. The van der Waals surface area contributed by atoms with Crippen molar-refractivity contribution in [3.05, 3.63) is 0 Å². The average Bonchev–Trinajstić information content (AvgIpc) is 2.71. The van der Waals surface area contributed by atoms with Crippen LogP contribution in [0.4, 0.5) is 4.79 Å². The Morgan fingerprint density at radius 1 is 0.621 bits per heavy atom. The zero-order valence-corrected chi connectivity index (χ0v) is 19.4. The molecule has 1 amide bonds. The van der Waals surface area contributed by atoms with Crippen LogP contribution in [0.5, 0.6) is 0 Å². The van der Waals surface area contributed by atoms with Crippen molar-refractivity contribution in [2.45, 2.75) is 130 Å². The molecular formula is C24H47NO4. The second-order valence-corrected chi connectivity index (χ2v) is 8.12. The number of carbonyl (C=O) groups excluding carboxylic acids is 2. The molecule has 0 aliphatic rings. The first-order valence-corrected chi connectivity index (χ1v) is 12.2. The molecule has 5 nitrogen and oxygen atoms in total. The fourth-order valence-corrected chi connectivity index (χ4v) is 3.24. The van der Waals surface area contributed by atoms with E-state index in [-0.39, 0.29) is 0 Å². The summed E-state index contributed by atoms with van der Waals surface area (Å²) in [6.45, 7) is 6.58. The molecule has 0 saturated carbocycles. The normalized spacial score (nSPS) is 11.8. The number of hydrogen-bond donors (Lipinski definition) is 1. The Morgan fingerprint density at radius 3 is 1.52 bits per heavy atom. The summed E-state index contributed by atoms with van der Waals surface area (Å²) in [7, 11) is 0. The number of esters is 1. The number of unbranched alkanes of at least 4 members (excludes halogenated alkanes) is 14. The zero-order valence-electron chi connectivity index (χ0n) is 19.4. The first-order valence-electron chi connectivity index (χ1n) is 12.2. The van der Waals surface area contributed by atoms with Gasteiger partial charge in [-0.3, -0.25) is 0 Å². The standard InChI is InChI=1S/C24H47NO4/c1-4-6-7-8-9-10-11-12-13-14-15-16-17-18-19-21-28-23(26)22(3)25-24(27)29-20-5-2/h22H,4-21H2,1-3H3,(H,25,27). The molecule has 1 atom stereocenters. The molecule has 0 aromatic heterocycles. The molecular weight excluding hydrogens is 366 g/mol. The van der Waals surface area contributed by atoms with Gasteiger partial charge >= 0.3 is 12.1 Å². The molecule has 29 heavy (non-hydrogen) atoms. The van der Waals surface area contributed by atoms with E-state index in [0.717, 1.165) is 19.3 Å². The molecule has 0 aromatic rings. The Kier molecular flexibility index (Phi) is 20.5. The topological polar surface area (TPSA) is 64.6 Å². The lowest BCUT2D eigenvalue weighted by Crippen LogP contribution is -2.40. The summed E-state index contributed by atoms with van der Waals surface area (Å²) < 4.78 is 10.1. The van der Waals surface area contributed by atoms with E-state index in [2.05, 4.69) is 12.2 Å². The molecule has 0 spiro atoms. The highest BCUT2D eigenvalue weighted by molar-refractivity contribution is 5.80. The molecule has 5 heteroatoms. The second kappa shape index (κ2) is 21.4. The fourth-order valence-electron chi connectivity index (χ4n) is 3.24. The summed E-state index contributed by atoms with van der Waals surface area (Å²) in [5, 5.41) is 2.48. The Hall–Kier alpha value is -1.26. The lowest BCUT2D eigenvalue weighted by atomic mass is 10.0. The molecule has 0 aliphatic carbocycles. The van der Waals surface area contributed by atoms with Crippen molar-refractivity contribution in [2.24, 2.45) is 0 Å². The molecule has 0 aliphatic heterocycles. The molecule has 0 saturated heterocycles. The number of hydrogen-bond acceptors (Lipinski definition) is 4. The van der Waals surface area contributed by atoms with Crippen molar-refractivity contribution in [2.75, 3.05) is 13.2 Å². The molecule has 0 bridgehead atoms. The van der Waals surface area contributed by atoms with E-state index in [0.29, 0.717) is 13.2 Å². The minimum atomic E-state index is -0.671. The van der Waals surface area contributed by atoms with Crippen LogP contribution in [0, 0.1) is 0 Å². The van der Waals surface area contributed by atoms with E-state index in [1.165, 1.54) is 83.5 Å². The summed E-state index contributed by atoms with van der Waals surface area (Å²) in [5.41, 5.74) is 0. The molecule has 0 radical (unpaired) electrons. The van der Waals surface area contributed by atoms with Crippen molar-refractivity contribution in [3.8, 4) is 0 Å². The number of nitrogens with one attached hydrogen (secondary N) is 1. The molecule has 1 unspecified atom stereocenters. The van der Waals surface area contributed by atoms with E-state index in [9.17, 15) is 9.59 Å². The van der Waals surface area contributed by atoms with Crippen molar-refractivity contribution in [1.82, 2.24) is 5.32 Å². The number of rotatable bonds is 20. The van der Waals surface area contributed by atoms with Crippen LogP contribution >= 0.6 is 0 Å². The predicted octanol–water partition coefficient (Wildman–Crippen LogP) is 6.93. The molecule has 0 fully saturated rings. The van der Waals surface area contributed by atoms with Crippen molar-refractivity contribution >= 4 is 12.1 Å². The predicted molar refractivity (Wildman–Crippen MR) is 120 cm³/mol. The third kappa shape index (κ3) is 19.8. The van der Waals surface area contributed by atoms with Crippen LogP contribution in [0.2, 0.25) is 0 Å². The maximum absolute atomic E-state index is 11.8.